The topological polar surface area (TPSA) is 45.1 Å². The standard InChI is InChI=1S/C15H16Cl2N2O/c16-14-8-11(9-15(17)19-14)10-18-13(6-7-20)12-4-2-1-3-5-12/h1-5,8-9,13,18,20H,6-7,10H2. The van der Waals surface area contributed by atoms with Crippen LogP contribution in [-0.4, -0.2) is 16.7 Å². The maximum Gasteiger partial charge on any atom is 0.131 e. The molecule has 0 aliphatic rings. The van der Waals surface area contributed by atoms with Crippen LogP contribution in [0, 0.1) is 0 Å². The summed E-state index contributed by atoms with van der Waals surface area (Å²) in [6.45, 7) is 0.742. The molecule has 0 fully saturated rings. The van der Waals surface area contributed by atoms with Crippen LogP contribution in [0.5, 0.6) is 0 Å². The number of rotatable bonds is 6. The highest BCUT2D eigenvalue weighted by Gasteiger charge is 2.10. The average Bonchev–Trinajstić information content (AvgIpc) is 2.43. The SMILES string of the molecule is OCCC(NCc1cc(Cl)nc(Cl)c1)c1ccccc1. The molecule has 0 saturated carbocycles. The van der Waals surface area contributed by atoms with Gasteiger partial charge in [-0.3, -0.25) is 0 Å². The quantitative estimate of drug-likeness (QED) is 0.801. The second kappa shape index (κ2) is 7.60. The van der Waals surface area contributed by atoms with Crippen molar-refractivity contribution in [2.75, 3.05) is 6.61 Å². The van der Waals surface area contributed by atoms with Crippen molar-refractivity contribution < 1.29 is 5.11 Å². The van der Waals surface area contributed by atoms with Gasteiger partial charge < -0.3 is 10.4 Å². The van der Waals surface area contributed by atoms with Gasteiger partial charge in [0, 0.05) is 19.2 Å². The van der Waals surface area contributed by atoms with Crippen LogP contribution in [0.15, 0.2) is 42.5 Å². The predicted molar refractivity (Wildman–Crippen MR) is 82.0 cm³/mol. The summed E-state index contributed by atoms with van der Waals surface area (Å²) in [5, 5.41) is 13.4. The van der Waals surface area contributed by atoms with Gasteiger partial charge in [0.25, 0.3) is 0 Å². The zero-order valence-corrected chi connectivity index (χ0v) is 12.4. The second-order valence-corrected chi connectivity index (χ2v) is 5.25. The maximum absolute atomic E-state index is 9.19. The summed E-state index contributed by atoms with van der Waals surface area (Å²) in [6, 6.07) is 13.7. The summed E-state index contributed by atoms with van der Waals surface area (Å²) < 4.78 is 0. The fourth-order valence-corrected chi connectivity index (χ4v) is 2.56. The molecule has 2 rings (SSSR count). The zero-order chi connectivity index (χ0) is 14.4. The number of hydrogen-bond acceptors (Lipinski definition) is 3. The molecule has 1 heterocycles. The minimum atomic E-state index is 0.0897. The first-order chi connectivity index (χ1) is 9.69. The smallest absolute Gasteiger partial charge is 0.131 e. The van der Waals surface area contributed by atoms with Crippen molar-refractivity contribution in [3.63, 3.8) is 0 Å². The molecule has 1 atom stereocenters. The lowest BCUT2D eigenvalue weighted by atomic mass is 10.0. The first-order valence-corrected chi connectivity index (χ1v) is 7.16. The normalized spacial score (nSPS) is 12.3. The fourth-order valence-electron chi connectivity index (χ4n) is 2.06. The Labute approximate surface area is 128 Å². The molecule has 1 aromatic heterocycles. The predicted octanol–water partition coefficient (Wildman–Crippen LogP) is 3.60. The van der Waals surface area contributed by atoms with Gasteiger partial charge >= 0.3 is 0 Å². The Kier molecular flexibility index (Phi) is 5.80. The molecule has 0 amide bonds. The second-order valence-electron chi connectivity index (χ2n) is 4.48. The lowest BCUT2D eigenvalue weighted by molar-refractivity contribution is 0.265. The number of aromatic nitrogens is 1. The monoisotopic (exact) mass is 310 g/mol. The van der Waals surface area contributed by atoms with Crippen molar-refractivity contribution in [1.29, 1.82) is 0 Å². The lowest BCUT2D eigenvalue weighted by Gasteiger charge is -2.18. The molecular formula is C15H16Cl2N2O. The van der Waals surface area contributed by atoms with Crippen LogP contribution >= 0.6 is 23.2 Å². The van der Waals surface area contributed by atoms with E-state index in [0.717, 1.165) is 11.1 Å². The number of hydrogen-bond donors (Lipinski definition) is 2. The molecule has 0 saturated heterocycles. The first kappa shape index (κ1) is 15.3. The van der Waals surface area contributed by atoms with E-state index in [1.165, 1.54) is 0 Å². The van der Waals surface area contributed by atoms with Gasteiger partial charge in [0.05, 0.1) is 0 Å². The summed E-state index contributed by atoms with van der Waals surface area (Å²) in [6.07, 6.45) is 0.649. The number of pyridine rings is 1. The van der Waals surface area contributed by atoms with Crippen LogP contribution < -0.4 is 5.32 Å². The van der Waals surface area contributed by atoms with Gasteiger partial charge in [-0.05, 0) is 29.7 Å². The van der Waals surface area contributed by atoms with Gasteiger partial charge in [0.15, 0.2) is 0 Å². The molecule has 0 bridgehead atoms. The minimum Gasteiger partial charge on any atom is -0.396 e. The average molecular weight is 311 g/mol. The van der Waals surface area contributed by atoms with Crippen molar-refractivity contribution in [2.45, 2.75) is 19.0 Å². The number of benzene rings is 1. The lowest BCUT2D eigenvalue weighted by Crippen LogP contribution is -2.22. The zero-order valence-electron chi connectivity index (χ0n) is 10.9. The van der Waals surface area contributed by atoms with Crippen molar-refractivity contribution in [2.24, 2.45) is 0 Å². The van der Waals surface area contributed by atoms with Gasteiger partial charge in [-0.2, -0.15) is 0 Å². The molecule has 0 radical (unpaired) electrons. The van der Waals surface area contributed by atoms with E-state index in [1.54, 1.807) is 12.1 Å². The minimum absolute atomic E-state index is 0.0897. The largest absolute Gasteiger partial charge is 0.396 e. The van der Waals surface area contributed by atoms with E-state index < -0.39 is 0 Å². The van der Waals surface area contributed by atoms with Gasteiger partial charge in [0.2, 0.25) is 0 Å². The number of halogens is 2. The summed E-state index contributed by atoms with van der Waals surface area (Å²) in [5.41, 5.74) is 2.11. The van der Waals surface area contributed by atoms with Crippen molar-refractivity contribution >= 4 is 23.2 Å². The third-order valence-corrected chi connectivity index (χ3v) is 3.38. The maximum atomic E-state index is 9.19. The Bertz CT molecular complexity index is 529. The van der Waals surface area contributed by atoms with Gasteiger partial charge in [-0.1, -0.05) is 53.5 Å². The van der Waals surface area contributed by atoms with Crippen LogP contribution in [-0.2, 0) is 6.54 Å². The summed E-state index contributed by atoms with van der Waals surface area (Å²) in [5.74, 6) is 0. The van der Waals surface area contributed by atoms with Crippen LogP contribution in [0.2, 0.25) is 10.3 Å². The highest BCUT2D eigenvalue weighted by molar-refractivity contribution is 6.32. The molecule has 106 valence electrons. The van der Waals surface area contributed by atoms with Crippen LogP contribution in [0.4, 0.5) is 0 Å². The molecule has 0 aliphatic heterocycles. The summed E-state index contributed by atoms with van der Waals surface area (Å²) >= 11 is 11.8. The van der Waals surface area contributed by atoms with Crippen molar-refractivity contribution in [3.05, 3.63) is 63.9 Å². The molecular weight excluding hydrogens is 295 g/mol. The number of aliphatic hydroxyl groups excluding tert-OH is 1. The summed E-state index contributed by atoms with van der Waals surface area (Å²) in [7, 11) is 0. The molecule has 0 spiro atoms. The molecule has 3 nitrogen and oxygen atoms in total. The van der Waals surface area contributed by atoms with Crippen LogP contribution in [0.25, 0.3) is 0 Å². The summed E-state index contributed by atoms with van der Waals surface area (Å²) in [4.78, 5) is 3.92. The fraction of sp³-hybridized carbons (Fsp3) is 0.267. The van der Waals surface area contributed by atoms with Crippen LogP contribution in [0.1, 0.15) is 23.6 Å². The van der Waals surface area contributed by atoms with Gasteiger partial charge in [-0.15, -0.1) is 0 Å². The van der Waals surface area contributed by atoms with E-state index in [9.17, 15) is 5.11 Å². The Morgan fingerprint density at radius 3 is 2.35 bits per heavy atom. The Morgan fingerprint density at radius 2 is 1.75 bits per heavy atom. The molecule has 1 aromatic carbocycles. The highest BCUT2D eigenvalue weighted by atomic mass is 35.5. The third kappa shape index (κ3) is 4.46. The van der Waals surface area contributed by atoms with E-state index in [-0.39, 0.29) is 12.6 Å². The van der Waals surface area contributed by atoms with Crippen molar-refractivity contribution in [3.8, 4) is 0 Å². The number of nitrogens with zero attached hydrogens (tertiary/aromatic N) is 1. The molecule has 2 N–H and O–H groups in total. The molecule has 20 heavy (non-hydrogen) atoms. The van der Waals surface area contributed by atoms with E-state index in [0.29, 0.717) is 23.3 Å². The Hall–Kier alpha value is -1.13. The Balaban J connectivity index is 2.05. The number of aliphatic hydroxyl groups is 1. The van der Waals surface area contributed by atoms with Crippen LogP contribution in [0.3, 0.4) is 0 Å². The van der Waals surface area contributed by atoms with Gasteiger partial charge in [-0.25, -0.2) is 4.98 Å². The molecule has 1 unspecified atom stereocenters. The van der Waals surface area contributed by atoms with E-state index >= 15 is 0 Å². The van der Waals surface area contributed by atoms with E-state index in [2.05, 4.69) is 10.3 Å². The first-order valence-electron chi connectivity index (χ1n) is 6.40. The third-order valence-electron chi connectivity index (χ3n) is 2.99. The Morgan fingerprint density at radius 1 is 1.10 bits per heavy atom. The molecule has 2 aromatic rings. The van der Waals surface area contributed by atoms with E-state index in [4.69, 9.17) is 23.2 Å². The van der Waals surface area contributed by atoms with Crippen molar-refractivity contribution in [1.82, 2.24) is 10.3 Å². The molecule has 0 aliphatic carbocycles. The molecule has 5 heteroatoms. The number of nitrogens with one attached hydrogen (secondary N) is 1. The van der Waals surface area contributed by atoms with Gasteiger partial charge in [0.1, 0.15) is 10.3 Å². The van der Waals surface area contributed by atoms with E-state index in [1.807, 2.05) is 30.3 Å². The highest BCUT2D eigenvalue weighted by Crippen LogP contribution is 2.19.